The number of nitrogens with one attached hydrogen (secondary N) is 1. The van der Waals surface area contributed by atoms with E-state index in [1.54, 1.807) is 42.5 Å². The number of carbonyl (C=O) groups excluding carboxylic acids is 1. The third-order valence-electron chi connectivity index (χ3n) is 5.48. The van der Waals surface area contributed by atoms with E-state index in [-0.39, 0.29) is 10.8 Å². The fraction of sp³-hybridized carbons (Fsp3) is 0.348. The summed E-state index contributed by atoms with van der Waals surface area (Å²) in [6, 6.07) is 11.9. The van der Waals surface area contributed by atoms with Crippen molar-refractivity contribution in [2.24, 2.45) is 0 Å². The minimum absolute atomic E-state index is 0.222. The molecule has 1 N–H and O–H groups in total. The zero-order valence-corrected chi connectivity index (χ0v) is 19.6. The van der Waals surface area contributed by atoms with Crippen molar-refractivity contribution >= 4 is 45.0 Å². The highest BCUT2D eigenvalue weighted by Gasteiger charge is 2.26. The molecule has 0 saturated carbocycles. The Bertz CT molecular complexity index is 1110. The van der Waals surface area contributed by atoms with Gasteiger partial charge in [-0.25, -0.2) is 8.42 Å². The number of carbonyl (C=O) groups is 1. The molecule has 2 aromatic carbocycles. The molecule has 0 radical (unpaired) electrons. The molecule has 1 amide bonds. The predicted octanol–water partition coefficient (Wildman–Crippen LogP) is 2.85. The highest BCUT2D eigenvalue weighted by molar-refractivity contribution is 7.89. The van der Waals surface area contributed by atoms with E-state index >= 15 is 0 Å². The van der Waals surface area contributed by atoms with E-state index in [4.69, 9.17) is 21.1 Å². The van der Waals surface area contributed by atoms with E-state index in [2.05, 4.69) is 10.2 Å². The summed E-state index contributed by atoms with van der Waals surface area (Å²) in [5.74, 6) is -0.309. The summed E-state index contributed by atoms with van der Waals surface area (Å²) in [5.41, 5.74) is 2.23. The van der Waals surface area contributed by atoms with Gasteiger partial charge in [-0.2, -0.15) is 4.31 Å². The molecular formula is C23H26ClN3O5S. The first kappa shape index (κ1) is 23.7. The van der Waals surface area contributed by atoms with Crippen LogP contribution in [0, 0.1) is 0 Å². The van der Waals surface area contributed by atoms with Gasteiger partial charge in [-0.05, 0) is 42.0 Å². The van der Waals surface area contributed by atoms with Crippen LogP contribution >= 0.6 is 11.6 Å². The minimum Gasteiger partial charge on any atom is -0.379 e. The number of ether oxygens (including phenoxy) is 2. The number of nitrogens with zero attached hydrogens (tertiary/aromatic N) is 2. The van der Waals surface area contributed by atoms with Gasteiger partial charge >= 0.3 is 0 Å². The molecule has 0 atom stereocenters. The average molecular weight is 492 g/mol. The highest BCUT2D eigenvalue weighted by atomic mass is 35.5. The van der Waals surface area contributed by atoms with E-state index in [1.807, 2.05) is 6.07 Å². The summed E-state index contributed by atoms with van der Waals surface area (Å²) in [6.45, 7) is 4.23. The van der Waals surface area contributed by atoms with Crippen LogP contribution in [0.3, 0.4) is 0 Å². The van der Waals surface area contributed by atoms with Crippen LogP contribution in [-0.2, 0) is 24.3 Å². The number of sulfonamides is 1. The van der Waals surface area contributed by atoms with Crippen molar-refractivity contribution in [3.05, 3.63) is 59.1 Å². The molecule has 0 aliphatic carbocycles. The van der Waals surface area contributed by atoms with Crippen molar-refractivity contribution in [2.45, 2.75) is 4.90 Å². The topological polar surface area (TPSA) is 88.2 Å². The molecule has 0 spiro atoms. The monoisotopic (exact) mass is 491 g/mol. The zero-order chi connectivity index (χ0) is 23.3. The van der Waals surface area contributed by atoms with Crippen LogP contribution in [-0.4, -0.2) is 71.2 Å². The van der Waals surface area contributed by atoms with Gasteiger partial charge in [0, 0.05) is 37.3 Å². The molecule has 2 saturated heterocycles. The molecule has 0 bridgehead atoms. The Balaban J connectivity index is 1.42. The molecule has 2 fully saturated rings. The summed E-state index contributed by atoms with van der Waals surface area (Å²) < 4.78 is 37.5. The number of anilines is 2. The van der Waals surface area contributed by atoms with Crippen molar-refractivity contribution in [3.63, 3.8) is 0 Å². The van der Waals surface area contributed by atoms with Gasteiger partial charge in [-0.3, -0.25) is 4.79 Å². The van der Waals surface area contributed by atoms with E-state index in [1.165, 1.54) is 10.4 Å². The molecule has 2 heterocycles. The number of rotatable bonds is 6. The number of amides is 1. The molecular weight excluding hydrogens is 466 g/mol. The first-order valence-electron chi connectivity index (χ1n) is 10.7. The first-order valence-corrected chi connectivity index (χ1v) is 12.5. The average Bonchev–Trinajstić information content (AvgIpc) is 2.84. The maximum atomic E-state index is 12.7. The van der Waals surface area contributed by atoms with Gasteiger partial charge in [0.1, 0.15) is 0 Å². The van der Waals surface area contributed by atoms with Crippen LogP contribution in [0.25, 0.3) is 6.08 Å². The van der Waals surface area contributed by atoms with Gasteiger partial charge < -0.3 is 19.7 Å². The number of halogens is 1. The number of hydrogen-bond acceptors (Lipinski definition) is 6. The summed E-state index contributed by atoms with van der Waals surface area (Å²) in [5, 5.41) is 3.42. The first-order chi connectivity index (χ1) is 15.9. The van der Waals surface area contributed by atoms with E-state index in [0.717, 1.165) is 18.8 Å². The second kappa shape index (κ2) is 10.7. The Kier molecular flexibility index (Phi) is 7.67. The lowest BCUT2D eigenvalue weighted by Crippen LogP contribution is -2.40. The molecule has 8 nitrogen and oxygen atoms in total. The molecule has 0 aromatic heterocycles. The molecule has 33 heavy (non-hydrogen) atoms. The van der Waals surface area contributed by atoms with Gasteiger partial charge in [0.15, 0.2) is 0 Å². The lowest BCUT2D eigenvalue weighted by atomic mass is 10.2. The fourth-order valence-electron chi connectivity index (χ4n) is 3.72. The van der Waals surface area contributed by atoms with E-state index in [0.29, 0.717) is 55.8 Å². The van der Waals surface area contributed by atoms with Gasteiger partial charge in [0.2, 0.25) is 15.9 Å². The lowest BCUT2D eigenvalue weighted by Gasteiger charge is -2.30. The van der Waals surface area contributed by atoms with Gasteiger partial charge in [-0.15, -0.1) is 0 Å². The second-order valence-corrected chi connectivity index (χ2v) is 10.0. The summed E-state index contributed by atoms with van der Waals surface area (Å²) >= 11 is 6.15. The maximum absolute atomic E-state index is 12.7. The van der Waals surface area contributed by atoms with Crippen molar-refractivity contribution in [1.29, 1.82) is 0 Å². The molecule has 4 rings (SSSR count). The Labute approximate surface area is 198 Å². The molecule has 2 aromatic rings. The number of benzene rings is 2. The van der Waals surface area contributed by atoms with Crippen molar-refractivity contribution in [2.75, 3.05) is 62.8 Å². The van der Waals surface area contributed by atoms with Gasteiger partial charge in [-0.1, -0.05) is 23.7 Å². The smallest absolute Gasteiger partial charge is 0.248 e. The standard InChI is InChI=1S/C23H26ClN3O5S/c24-19-4-7-22(26-9-13-31-14-10-26)21(17-19)25-23(28)8-3-18-1-5-20(6-2-18)33(29,30)27-11-15-32-16-12-27/h1-8,17H,9-16H2,(H,25,28)/b8-3+. The van der Waals surface area contributed by atoms with E-state index < -0.39 is 10.0 Å². The van der Waals surface area contributed by atoms with Crippen molar-refractivity contribution < 1.29 is 22.7 Å². The lowest BCUT2D eigenvalue weighted by molar-refractivity contribution is -0.111. The van der Waals surface area contributed by atoms with Crippen LogP contribution in [0.2, 0.25) is 5.02 Å². The third-order valence-corrected chi connectivity index (χ3v) is 7.63. The van der Waals surface area contributed by atoms with Crippen molar-refractivity contribution in [1.82, 2.24) is 4.31 Å². The van der Waals surface area contributed by atoms with Crippen LogP contribution in [0.15, 0.2) is 53.4 Å². The Hall–Kier alpha value is -2.43. The molecule has 176 valence electrons. The number of hydrogen-bond donors (Lipinski definition) is 1. The summed E-state index contributed by atoms with van der Waals surface area (Å²) in [4.78, 5) is 14.9. The third kappa shape index (κ3) is 5.93. The summed E-state index contributed by atoms with van der Waals surface area (Å²) in [6.07, 6.45) is 3.05. The fourth-order valence-corrected chi connectivity index (χ4v) is 5.30. The molecule has 2 aliphatic heterocycles. The van der Waals surface area contributed by atoms with Crippen LogP contribution in [0.4, 0.5) is 11.4 Å². The SMILES string of the molecule is O=C(/C=C/c1ccc(S(=O)(=O)N2CCOCC2)cc1)Nc1cc(Cl)ccc1N1CCOCC1. The Morgan fingerprint density at radius 2 is 1.58 bits per heavy atom. The Morgan fingerprint density at radius 3 is 2.24 bits per heavy atom. The van der Waals surface area contributed by atoms with Crippen LogP contribution < -0.4 is 10.2 Å². The van der Waals surface area contributed by atoms with Crippen LogP contribution in [0.1, 0.15) is 5.56 Å². The van der Waals surface area contributed by atoms with E-state index in [9.17, 15) is 13.2 Å². The predicted molar refractivity (Wildman–Crippen MR) is 128 cm³/mol. The summed E-state index contributed by atoms with van der Waals surface area (Å²) in [7, 11) is -3.55. The van der Waals surface area contributed by atoms with Crippen LogP contribution in [0.5, 0.6) is 0 Å². The Morgan fingerprint density at radius 1 is 0.939 bits per heavy atom. The largest absolute Gasteiger partial charge is 0.379 e. The van der Waals surface area contributed by atoms with Gasteiger partial charge in [0.05, 0.1) is 42.7 Å². The van der Waals surface area contributed by atoms with Gasteiger partial charge in [0.25, 0.3) is 0 Å². The normalized spacial score (nSPS) is 17.9. The minimum atomic E-state index is -3.55. The number of morpholine rings is 2. The zero-order valence-electron chi connectivity index (χ0n) is 18.1. The molecule has 0 unspecified atom stereocenters. The maximum Gasteiger partial charge on any atom is 0.248 e. The highest BCUT2D eigenvalue weighted by Crippen LogP contribution is 2.30. The second-order valence-electron chi connectivity index (χ2n) is 7.67. The molecule has 10 heteroatoms. The molecule has 2 aliphatic rings. The van der Waals surface area contributed by atoms with Crippen molar-refractivity contribution in [3.8, 4) is 0 Å². The quantitative estimate of drug-likeness (QED) is 0.625.